The summed E-state index contributed by atoms with van der Waals surface area (Å²) in [4.78, 5) is 16.5. The molecule has 1 N–H and O–H groups in total. The van der Waals surface area contributed by atoms with Gasteiger partial charge in [-0.2, -0.15) is 5.26 Å². The van der Waals surface area contributed by atoms with Crippen molar-refractivity contribution in [3.8, 4) is 6.07 Å². The first-order chi connectivity index (χ1) is 11.2. The van der Waals surface area contributed by atoms with Crippen molar-refractivity contribution in [1.82, 2.24) is 14.7 Å². The SMILES string of the molecule is Cc1ccn2c(C=C(C#N)C(=O)NCC3CCCO3)cnc2c1. The third-order valence-electron chi connectivity index (χ3n) is 3.87. The molecule has 1 amide bonds. The van der Waals surface area contributed by atoms with Crippen molar-refractivity contribution in [3.63, 3.8) is 0 Å². The van der Waals surface area contributed by atoms with E-state index in [1.165, 1.54) is 0 Å². The molecule has 1 aliphatic rings. The fraction of sp³-hybridized carbons (Fsp3) is 0.353. The molecule has 2 aromatic heterocycles. The molecule has 2 aromatic rings. The monoisotopic (exact) mass is 310 g/mol. The van der Waals surface area contributed by atoms with Gasteiger partial charge in [-0.3, -0.25) is 4.79 Å². The fourth-order valence-electron chi connectivity index (χ4n) is 2.61. The number of pyridine rings is 1. The number of aryl methyl sites for hydroxylation is 1. The smallest absolute Gasteiger partial charge is 0.262 e. The van der Waals surface area contributed by atoms with Crippen LogP contribution in [0.3, 0.4) is 0 Å². The van der Waals surface area contributed by atoms with E-state index >= 15 is 0 Å². The summed E-state index contributed by atoms with van der Waals surface area (Å²) in [6.07, 6.45) is 7.10. The van der Waals surface area contributed by atoms with Gasteiger partial charge in [0.15, 0.2) is 0 Å². The third-order valence-corrected chi connectivity index (χ3v) is 3.87. The normalized spacial score (nSPS) is 18.1. The maximum atomic E-state index is 12.2. The summed E-state index contributed by atoms with van der Waals surface area (Å²) in [6.45, 7) is 3.16. The van der Waals surface area contributed by atoms with Crippen molar-refractivity contribution in [2.45, 2.75) is 25.9 Å². The average molecular weight is 310 g/mol. The summed E-state index contributed by atoms with van der Waals surface area (Å²) in [5, 5.41) is 12.0. The highest BCUT2D eigenvalue weighted by Crippen LogP contribution is 2.13. The van der Waals surface area contributed by atoms with Crippen LogP contribution < -0.4 is 5.32 Å². The molecule has 0 aliphatic carbocycles. The number of hydrogen-bond donors (Lipinski definition) is 1. The van der Waals surface area contributed by atoms with Crippen molar-refractivity contribution in [2.75, 3.05) is 13.2 Å². The molecule has 6 heteroatoms. The Morgan fingerprint density at radius 3 is 3.26 bits per heavy atom. The van der Waals surface area contributed by atoms with Crippen molar-refractivity contribution >= 4 is 17.6 Å². The number of carbonyl (C=O) groups is 1. The van der Waals surface area contributed by atoms with Gasteiger partial charge in [0.2, 0.25) is 0 Å². The second-order valence-corrected chi connectivity index (χ2v) is 5.63. The number of imidazole rings is 1. The summed E-state index contributed by atoms with van der Waals surface area (Å²) in [5.41, 5.74) is 2.65. The number of amides is 1. The van der Waals surface area contributed by atoms with Gasteiger partial charge < -0.3 is 14.5 Å². The van der Waals surface area contributed by atoms with Crippen LogP contribution in [0.5, 0.6) is 0 Å². The average Bonchev–Trinajstić information content (AvgIpc) is 3.19. The molecule has 1 saturated heterocycles. The van der Waals surface area contributed by atoms with Crippen molar-refractivity contribution in [3.05, 3.63) is 41.4 Å². The van der Waals surface area contributed by atoms with Crippen LogP contribution in [-0.4, -0.2) is 34.5 Å². The number of fused-ring (bicyclic) bond motifs is 1. The van der Waals surface area contributed by atoms with Gasteiger partial charge in [0, 0.05) is 19.3 Å². The maximum absolute atomic E-state index is 12.2. The first-order valence-corrected chi connectivity index (χ1v) is 7.62. The number of carbonyl (C=O) groups excluding carboxylic acids is 1. The Morgan fingerprint density at radius 2 is 2.52 bits per heavy atom. The van der Waals surface area contributed by atoms with Crippen LogP contribution in [0.15, 0.2) is 30.1 Å². The molecule has 118 valence electrons. The highest BCUT2D eigenvalue weighted by molar-refractivity contribution is 6.01. The maximum Gasteiger partial charge on any atom is 0.262 e. The Kier molecular flexibility index (Phi) is 4.40. The van der Waals surface area contributed by atoms with Crippen LogP contribution in [0.2, 0.25) is 0 Å². The van der Waals surface area contributed by atoms with Crippen molar-refractivity contribution in [1.29, 1.82) is 5.26 Å². The summed E-state index contributed by atoms with van der Waals surface area (Å²) in [6, 6.07) is 5.86. The van der Waals surface area contributed by atoms with E-state index in [2.05, 4.69) is 10.3 Å². The molecule has 0 spiro atoms. The topological polar surface area (TPSA) is 79.4 Å². The number of nitriles is 1. The minimum absolute atomic E-state index is 0.0534. The van der Waals surface area contributed by atoms with Gasteiger partial charge in [0.25, 0.3) is 5.91 Å². The van der Waals surface area contributed by atoms with E-state index < -0.39 is 0 Å². The lowest BCUT2D eigenvalue weighted by atomic mass is 10.2. The zero-order valence-electron chi connectivity index (χ0n) is 13.0. The number of ether oxygens (including phenoxy) is 1. The Labute approximate surface area is 134 Å². The quantitative estimate of drug-likeness (QED) is 0.690. The number of nitrogens with zero attached hydrogens (tertiary/aromatic N) is 3. The summed E-state index contributed by atoms with van der Waals surface area (Å²) in [7, 11) is 0. The first kappa shape index (κ1) is 15.3. The summed E-state index contributed by atoms with van der Waals surface area (Å²) >= 11 is 0. The molecule has 1 unspecified atom stereocenters. The summed E-state index contributed by atoms with van der Waals surface area (Å²) in [5.74, 6) is -0.384. The van der Waals surface area contributed by atoms with Crippen LogP contribution in [-0.2, 0) is 9.53 Å². The second kappa shape index (κ2) is 6.63. The molecule has 0 aromatic carbocycles. The van der Waals surface area contributed by atoms with E-state index in [1.54, 1.807) is 12.3 Å². The fourth-order valence-corrected chi connectivity index (χ4v) is 2.61. The van der Waals surface area contributed by atoms with Crippen LogP contribution in [0.1, 0.15) is 24.1 Å². The molecule has 1 atom stereocenters. The van der Waals surface area contributed by atoms with Crippen LogP contribution in [0.25, 0.3) is 11.7 Å². The molecule has 3 heterocycles. The largest absolute Gasteiger partial charge is 0.376 e. The lowest BCUT2D eigenvalue weighted by Crippen LogP contribution is -2.32. The summed E-state index contributed by atoms with van der Waals surface area (Å²) < 4.78 is 7.31. The van der Waals surface area contributed by atoms with Crippen LogP contribution >= 0.6 is 0 Å². The van der Waals surface area contributed by atoms with E-state index in [-0.39, 0.29) is 17.6 Å². The van der Waals surface area contributed by atoms with Gasteiger partial charge >= 0.3 is 0 Å². The zero-order chi connectivity index (χ0) is 16.2. The first-order valence-electron chi connectivity index (χ1n) is 7.62. The van der Waals surface area contributed by atoms with E-state index in [1.807, 2.05) is 35.7 Å². The molecule has 23 heavy (non-hydrogen) atoms. The molecule has 0 bridgehead atoms. The highest BCUT2D eigenvalue weighted by Gasteiger charge is 2.17. The molecule has 1 aliphatic heterocycles. The van der Waals surface area contributed by atoms with Crippen molar-refractivity contribution < 1.29 is 9.53 Å². The number of rotatable bonds is 4. The Bertz CT molecular complexity index is 795. The molecule has 3 rings (SSSR count). The van der Waals surface area contributed by atoms with Gasteiger partial charge in [-0.15, -0.1) is 0 Å². The lowest BCUT2D eigenvalue weighted by molar-refractivity contribution is -0.117. The lowest BCUT2D eigenvalue weighted by Gasteiger charge is -2.10. The number of aromatic nitrogens is 2. The number of nitrogens with one attached hydrogen (secondary N) is 1. The van der Waals surface area contributed by atoms with Gasteiger partial charge in [-0.1, -0.05) is 0 Å². The minimum atomic E-state index is -0.384. The van der Waals surface area contributed by atoms with Gasteiger partial charge in [-0.05, 0) is 43.5 Å². The molecule has 0 saturated carbocycles. The molecule has 6 nitrogen and oxygen atoms in total. The molecular weight excluding hydrogens is 292 g/mol. The van der Waals surface area contributed by atoms with Gasteiger partial charge in [0.05, 0.1) is 18.0 Å². The predicted molar refractivity (Wildman–Crippen MR) is 85.5 cm³/mol. The standard InChI is InChI=1S/C17H18N4O2/c1-12-4-5-21-14(10-19-16(21)7-12)8-13(9-18)17(22)20-11-15-3-2-6-23-15/h4-5,7-8,10,15H,2-3,6,11H2,1H3,(H,20,22). The molecular formula is C17H18N4O2. The Hall–Kier alpha value is -2.65. The Balaban J connectivity index is 1.77. The van der Waals surface area contributed by atoms with E-state index in [9.17, 15) is 10.1 Å². The van der Waals surface area contributed by atoms with Gasteiger partial charge in [0.1, 0.15) is 17.3 Å². The van der Waals surface area contributed by atoms with E-state index in [0.717, 1.165) is 30.7 Å². The van der Waals surface area contributed by atoms with Crippen molar-refractivity contribution in [2.24, 2.45) is 0 Å². The van der Waals surface area contributed by atoms with E-state index in [4.69, 9.17) is 4.74 Å². The number of hydrogen-bond acceptors (Lipinski definition) is 4. The van der Waals surface area contributed by atoms with E-state index in [0.29, 0.717) is 12.2 Å². The molecule has 0 radical (unpaired) electrons. The molecule has 1 fully saturated rings. The third kappa shape index (κ3) is 3.41. The Morgan fingerprint density at radius 1 is 1.65 bits per heavy atom. The van der Waals surface area contributed by atoms with Gasteiger partial charge in [-0.25, -0.2) is 4.98 Å². The zero-order valence-corrected chi connectivity index (χ0v) is 13.0. The van der Waals surface area contributed by atoms with Crippen LogP contribution in [0, 0.1) is 18.3 Å². The predicted octanol–water partition coefficient (Wildman–Crippen LogP) is 1.84. The second-order valence-electron chi connectivity index (χ2n) is 5.63. The highest BCUT2D eigenvalue weighted by atomic mass is 16.5. The van der Waals surface area contributed by atoms with Crippen LogP contribution in [0.4, 0.5) is 0 Å². The minimum Gasteiger partial charge on any atom is -0.376 e.